The van der Waals surface area contributed by atoms with E-state index in [1.807, 2.05) is 0 Å². The van der Waals surface area contributed by atoms with Crippen LogP contribution < -0.4 is 5.32 Å². The monoisotopic (exact) mass is 254 g/mol. The van der Waals surface area contributed by atoms with Gasteiger partial charge < -0.3 is 5.32 Å². The third-order valence-electron chi connectivity index (χ3n) is 1.98. The van der Waals surface area contributed by atoms with Gasteiger partial charge in [0, 0.05) is 12.5 Å². The first-order chi connectivity index (χ1) is 8.05. The zero-order valence-corrected chi connectivity index (χ0v) is 9.77. The van der Waals surface area contributed by atoms with Crippen molar-refractivity contribution in [2.75, 3.05) is 11.6 Å². The van der Waals surface area contributed by atoms with Gasteiger partial charge in [0.15, 0.2) is 15.7 Å². The van der Waals surface area contributed by atoms with Crippen molar-refractivity contribution in [3.05, 3.63) is 24.2 Å². The molecule has 0 unspecified atom stereocenters. The number of hydrogen-bond donors (Lipinski definition) is 2. The minimum atomic E-state index is -3.21. The molecule has 0 aromatic carbocycles. The number of aromatic amines is 1. The lowest BCUT2D eigenvalue weighted by Crippen LogP contribution is -2.04. The summed E-state index contributed by atoms with van der Waals surface area (Å²) in [4.78, 5) is 4.15. The van der Waals surface area contributed by atoms with Crippen LogP contribution in [0.25, 0.3) is 0 Å². The highest BCUT2D eigenvalue weighted by atomic mass is 32.2. The molecule has 0 spiro atoms. The summed E-state index contributed by atoms with van der Waals surface area (Å²) in [6, 6.07) is 3.07. The van der Waals surface area contributed by atoms with Crippen LogP contribution in [0, 0.1) is 0 Å². The van der Waals surface area contributed by atoms with Crippen molar-refractivity contribution >= 4 is 15.7 Å². The number of pyridine rings is 1. The molecule has 2 N–H and O–H groups in total. The van der Waals surface area contributed by atoms with E-state index >= 15 is 0 Å². The molecule has 0 radical (unpaired) electrons. The molecular formula is C8H10N6O2S. The summed E-state index contributed by atoms with van der Waals surface area (Å²) in [5.74, 6) is 1.04. The zero-order valence-electron chi connectivity index (χ0n) is 8.95. The first kappa shape index (κ1) is 11.5. The highest BCUT2D eigenvalue weighted by molar-refractivity contribution is 7.90. The summed E-state index contributed by atoms with van der Waals surface area (Å²) in [6.07, 6.45) is 2.43. The molecule has 0 bridgehead atoms. The summed E-state index contributed by atoms with van der Waals surface area (Å²) in [5.41, 5.74) is 0. The van der Waals surface area contributed by atoms with E-state index < -0.39 is 9.84 Å². The van der Waals surface area contributed by atoms with E-state index in [2.05, 4.69) is 30.9 Å². The molecule has 8 nitrogen and oxygen atoms in total. The first-order valence-corrected chi connectivity index (χ1v) is 6.57. The Balaban J connectivity index is 2.04. The number of nitrogens with one attached hydrogen (secondary N) is 2. The quantitative estimate of drug-likeness (QED) is 0.763. The van der Waals surface area contributed by atoms with Gasteiger partial charge in [-0.3, -0.25) is 0 Å². The van der Waals surface area contributed by atoms with Crippen molar-refractivity contribution in [2.45, 2.75) is 11.4 Å². The van der Waals surface area contributed by atoms with E-state index in [0.29, 0.717) is 18.2 Å². The van der Waals surface area contributed by atoms with Gasteiger partial charge in [0.2, 0.25) is 0 Å². The summed E-state index contributed by atoms with van der Waals surface area (Å²) in [7, 11) is -3.21. The van der Waals surface area contributed by atoms with Crippen molar-refractivity contribution in [2.24, 2.45) is 0 Å². The highest BCUT2D eigenvalue weighted by Gasteiger charge is 2.07. The zero-order chi connectivity index (χ0) is 12.3. The van der Waals surface area contributed by atoms with E-state index in [0.717, 1.165) is 6.26 Å². The number of anilines is 1. The van der Waals surface area contributed by atoms with Gasteiger partial charge in [0.05, 0.1) is 11.4 Å². The third-order valence-corrected chi connectivity index (χ3v) is 3.08. The average molecular weight is 254 g/mol. The van der Waals surface area contributed by atoms with Crippen LogP contribution in [0.1, 0.15) is 5.82 Å². The van der Waals surface area contributed by atoms with Crippen LogP contribution in [-0.2, 0) is 16.4 Å². The second-order valence-corrected chi connectivity index (χ2v) is 5.35. The molecule has 0 saturated heterocycles. The molecule has 0 fully saturated rings. The van der Waals surface area contributed by atoms with Crippen LogP contribution in [0.5, 0.6) is 0 Å². The summed E-state index contributed by atoms with van der Waals surface area (Å²) in [5, 5.41) is 16.2. The van der Waals surface area contributed by atoms with Gasteiger partial charge in [-0.1, -0.05) is 5.21 Å². The van der Waals surface area contributed by atoms with Gasteiger partial charge in [-0.2, -0.15) is 5.21 Å². The number of nitrogens with zero attached hydrogens (tertiary/aromatic N) is 4. The molecule has 0 atom stereocenters. The number of tetrazole rings is 1. The summed E-state index contributed by atoms with van der Waals surface area (Å²) in [6.45, 7) is 0.363. The topological polar surface area (TPSA) is 114 Å². The molecule has 0 saturated carbocycles. The SMILES string of the molecule is CS(=O)(=O)c1ccc(NCc2nn[nH]n2)nc1. The maximum atomic E-state index is 11.2. The van der Waals surface area contributed by atoms with Crippen molar-refractivity contribution in [3.63, 3.8) is 0 Å². The van der Waals surface area contributed by atoms with E-state index in [4.69, 9.17) is 0 Å². The minimum absolute atomic E-state index is 0.183. The van der Waals surface area contributed by atoms with E-state index in [9.17, 15) is 8.42 Å². The highest BCUT2D eigenvalue weighted by Crippen LogP contribution is 2.10. The Kier molecular flexibility index (Phi) is 3.00. The normalized spacial score (nSPS) is 11.4. The fourth-order valence-corrected chi connectivity index (χ4v) is 1.69. The number of sulfone groups is 1. The molecule has 9 heteroatoms. The Morgan fingerprint density at radius 1 is 1.41 bits per heavy atom. The third kappa shape index (κ3) is 2.97. The fraction of sp³-hybridized carbons (Fsp3) is 0.250. The number of hydrogen-bond acceptors (Lipinski definition) is 7. The smallest absolute Gasteiger partial charge is 0.193 e. The first-order valence-electron chi connectivity index (χ1n) is 4.68. The second-order valence-electron chi connectivity index (χ2n) is 3.33. The number of aromatic nitrogens is 5. The molecule has 2 aromatic rings. The molecule has 2 heterocycles. The molecule has 0 aliphatic rings. The lowest BCUT2D eigenvalue weighted by atomic mass is 10.4. The maximum absolute atomic E-state index is 11.2. The Morgan fingerprint density at radius 2 is 2.24 bits per heavy atom. The molecule has 90 valence electrons. The Morgan fingerprint density at radius 3 is 2.76 bits per heavy atom. The fourth-order valence-electron chi connectivity index (χ4n) is 1.13. The van der Waals surface area contributed by atoms with Crippen molar-refractivity contribution < 1.29 is 8.42 Å². The van der Waals surface area contributed by atoms with E-state index in [1.54, 1.807) is 6.07 Å². The molecule has 0 amide bonds. The van der Waals surface area contributed by atoms with Gasteiger partial charge in [-0.15, -0.1) is 10.2 Å². The molecule has 2 aromatic heterocycles. The van der Waals surface area contributed by atoms with Crippen LogP contribution in [0.2, 0.25) is 0 Å². The lowest BCUT2D eigenvalue weighted by Gasteiger charge is -2.03. The van der Waals surface area contributed by atoms with Crippen molar-refractivity contribution in [1.29, 1.82) is 0 Å². The largest absolute Gasteiger partial charge is 0.363 e. The van der Waals surface area contributed by atoms with Gasteiger partial charge in [0.1, 0.15) is 5.82 Å². The standard InChI is InChI=1S/C8H10N6O2S/c1-17(15,16)6-2-3-7(9-4-6)10-5-8-11-13-14-12-8/h2-4H,5H2,1H3,(H,9,10)(H,11,12,13,14). The van der Waals surface area contributed by atoms with Gasteiger partial charge in [-0.25, -0.2) is 13.4 Å². The van der Waals surface area contributed by atoms with Crippen LogP contribution >= 0.6 is 0 Å². The molecular weight excluding hydrogens is 244 g/mol. The molecule has 0 aliphatic carbocycles. The van der Waals surface area contributed by atoms with E-state index in [1.165, 1.54) is 12.3 Å². The second kappa shape index (κ2) is 4.45. The maximum Gasteiger partial charge on any atom is 0.193 e. The Hall–Kier alpha value is -2.03. The van der Waals surface area contributed by atoms with Crippen LogP contribution in [-0.4, -0.2) is 40.3 Å². The molecule has 17 heavy (non-hydrogen) atoms. The van der Waals surface area contributed by atoms with Gasteiger partial charge in [0.25, 0.3) is 0 Å². The Labute approximate surface area is 97.4 Å². The number of rotatable bonds is 4. The molecule has 2 rings (SSSR count). The summed E-state index contributed by atoms with van der Waals surface area (Å²) < 4.78 is 22.4. The van der Waals surface area contributed by atoms with Crippen molar-refractivity contribution in [3.8, 4) is 0 Å². The summed E-state index contributed by atoms with van der Waals surface area (Å²) >= 11 is 0. The van der Waals surface area contributed by atoms with Crippen LogP contribution in [0.15, 0.2) is 23.2 Å². The van der Waals surface area contributed by atoms with Crippen LogP contribution in [0.3, 0.4) is 0 Å². The van der Waals surface area contributed by atoms with E-state index in [-0.39, 0.29) is 4.90 Å². The van der Waals surface area contributed by atoms with Crippen LogP contribution in [0.4, 0.5) is 5.82 Å². The Bertz CT molecular complexity index is 577. The lowest BCUT2D eigenvalue weighted by molar-refractivity contribution is 0.601. The van der Waals surface area contributed by atoms with Crippen molar-refractivity contribution in [1.82, 2.24) is 25.6 Å². The molecule has 0 aliphatic heterocycles. The van der Waals surface area contributed by atoms with Gasteiger partial charge in [-0.05, 0) is 12.1 Å². The number of H-pyrrole nitrogens is 1. The predicted molar refractivity (Wildman–Crippen MR) is 58.9 cm³/mol. The average Bonchev–Trinajstić information content (AvgIpc) is 2.78. The minimum Gasteiger partial charge on any atom is -0.363 e. The predicted octanol–water partition coefficient (Wildman–Crippen LogP) is -0.390. The van der Waals surface area contributed by atoms with Gasteiger partial charge >= 0.3 is 0 Å².